The molecule has 112 valence electrons. The van der Waals surface area contributed by atoms with Crippen molar-refractivity contribution >= 4 is 0 Å². The highest BCUT2D eigenvalue weighted by atomic mass is 15.2. The molecule has 2 atom stereocenters. The molecule has 0 bridgehead atoms. The lowest BCUT2D eigenvalue weighted by molar-refractivity contribution is 0.163. The van der Waals surface area contributed by atoms with Gasteiger partial charge in [-0.05, 0) is 50.8 Å². The fourth-order valence-corrected chi connectivity index (χ4v) is 2.99. The van der Waals surface area contributed by atoms with E-state index in [9.17, 15) is 0 Å². The molecule has 1 aromatic rings. The molecule has 0 amide bonds. The standard InChI is InChI=1S/C18H30N2/c1-5-16-7-9-17(10-8-16)13-20-14-18(4,6-2)19-12-11-15(20)3/h7-10,15,19H,5-6,11-14H2,1-4H3. The molecule has 0 radical (unpaired) electrons. The van der Waals surface area contributed by atoms with Crippen molar-refractivity contribution in [2.24, 2.45) is 0 Å². The molecule has 0 spiro atoms. The van der Waals surface area contributed by atoms with Gasteiger partial charge in [0.2, 0.25) is 0 Å². The van der Waals surface area contributed by atoms with Gasteiger partial charge in [0, 0.05) is 24.7 Å². The van der Waals surface area contributed by atoms with Crippen molar-refractivity contribution < 1.29 is 0 Å². The van der Waals surface area contributed by atoms with Gasteiger partial charge < -0.3 is 5.32 Å². The normalized spacial score (nSPS) is 28.3. The molecule has 2 heteroatoms. The Labute approximate surface area is 124 Å². The molecule has 20 heavy (non-hydrogen) atoms. The van der Waals surface area contributed by atoms with E-state index >= 15 is 0 Å². The summed E-state index contributed by atoms with van der Waals surface area (Å²) in [4.78, 5) is 2.64. The zero-order valence-electron chi connectivity index (χ0n) is 13.6. The van der Waals surface area contributed by atoms with Gasteiger partial charge in [-0.2, -0.15) is 0 Å². The number of hydrogen-bond acceptors (Lipinski definition) is 2. The molecular weight excluding hydrogens is 244 g/mol. The first-order chi connectivity index (χ1) is 9.56. The van der Waals surface area contributed by atoms with Gasteiger partial charge in [0.05, 0.1) is 0 Å². The summed E-state index contributed by atoms with van der Waals surface area (Å²) in [7, 11) is 0. The third-order valence-electron chi connectivity index (χ3n) is 4.89. The van der Waals surface area contributed by atoms with Crippen molar-refractivity contribution in [3.8, 4) is 0 Å². The van der Waals surface area contributed by atoms with Crippen LogP contribution in [0.2, 0.25) is 0 Å². The Morgan fingerprint density at radius 1 is 1.20 bits per heavy atom. The van der Waals surface area contributed by atoms with E-state index in [1.807, 2.05) is 0 Å². The van der Waals surface area contributed by atoms with Gasteiger partial charge in [0.25, 0.3) is 0 Å². The molecule has 1 heterocycles. The molecule has 1 N–H and O–H groups in total. The molecule has 2 rings (SSSR count). The molecule has 1 aromatic carbocycles. The van der Waals surface area contributed by atoms with E-state index < -0.39 is 0 Å². The highest BCUT2D eigenvalue weighted by Gasteiger charge is 2.30. The zero-order valence-corrected chi connectivity index (χ0v) is 13.6. The van der Waals surface area contributed by atoms with E-state index in [0.717, 1.165) is 26.1 Å². The van der Waals surface area contributed by atoms with E-state index in [1.54, 1.807) is 0 Å². The van der Waals surface area contributed by atoms with Crippen LogP contribution in [0, 0.1) is 0 Å². The Balaban J connectivity index is 2.07. The van der Waals surface area contributed by atoms with Crippen LogP contribution in [0.1, 0.15) is 51.7 Å². The van der Waals surface area contributed by atoms with Crippen LogP contribution in [0.4, 0.5) is 0 Å². The van der Waals surface area contributed by atoms with Crippen LogP contribution in [0.3, 0.4) is 0 Å². The minimum absolute atomic E-state index is 0.258. The topological polar surface area (TPSA) is 15.3 Å². The van der Waals surface area contributed by atoms with Crippen LogP contribution in [0.5, 0.6) is 0 Å². The fraction of sp³-hybridized carbons (Fsp3) is 0.667. The lowest BCUT2D eigenvalue weighted by Crippen LogP contribution is -2.49. The molecular formula is C18H30N2. The summed E-state index contributed by atoms with van der Waals surface area (Å²) in [6.07, 6.45) is 3.55. The van der Waals surface area contributed by atoms with E-state index in [1.165, 1.54) is 24.0 Å². The summed E-state index contributed by atoms with van der Waals surface area (Å²) in [6.45, 7) is 12.6. The summed E-state index contributed by atoms with van der Waals surface area (Å²) < 4.78 is 0. The van der Waals surface area contributed by atoms with Crippen molar-refractivity contribution in [1.82, 2.24) is 10.2 Å². The quantitative estimate of drug-likeness (QED) is 0.902. The Bertz CT molecular complexity index is 412. The molecule has 1 fully saturated rings. The van der Waals surface area contributed by atoms with Crippen LogP contribution in [-0.2, 0) is 13.0 Å². The highest BCUT2D eigenvalue weighted by molar-refractivity contribution is 5.22. The largest absolute Gasteiger partial charge is 0.310 e. The number of benzene rings is 1. The average Bonchev–Trinajstić information content (AvgIpc) is 2.60. The highest BCUT2D eigenvalue weighted by Crippen LogP contribution is 2.21. The maximum atomic E-state index is 3.73. The second-order valence-corrected chi connectivity index (χ2v) is 6.55. The lowest BCUT2D eigenvalue weighted by atomic mass is 9.98. The van der Waals surface area contributed by atoms with Crippen LogP contribution in [0.25, 0.3) is 0 Å². The molecule has 0 aromatic heterocycles. The lowest BCUT2D eigenvalue weighted by Gasteiger charge is -2.35. The molecule has 2 unspecified atom stereocenters. The summed E-state index contributed by atoms with van der Waals surface area (Å²) in [5, 5.41) is 3.73. The molecule has 1 aliphatic heterocycles. The van der Waals surface area contributed by atoms with Crippen LogP contribution >= 0.6 is 0 Å². The number of nitrogens with one attached hydrogen (secondary N) is 1. The monoisotopic (exact) mass is 274 g/mol. The summed E-state index contributed by atoms with van der Waals surface area (Å²) in [6, 6.07) is 9.80. The Morgan fingerprint density at radius 3 is 2.45 bits per heavy atom. The van der Waals surface area contributed by atoms with Gasteiger partial charge in [-0.1, -0.05) is 38.1 Å². The van der Waals surface area contributed by atoms with Crippen molar-refractivity contribution in [3.05, 3.63) is 35.4 Å². The van der Waals surface area contributed by atoms with Crippen molar-refractivity contribution in [1.29, 1.82) is 0 Å². The third kappa shape index (κ3) is 3.83. The Kier molecular flexibility index (Phi) is 5.22. The van der Waals surface area contributed by atoms with Gasteiger partial charge in [-0.15, -0.1) is 0 Å². The second-order valence-electron chi connectivity index (χ2n) is 6.55. The molecule has 0 aliphatic carbocycles. The fourth-order valence-electron chi connectivity index (χ4n) is 2.99. The van der Waals surface area contributed by atoms with Gasteiger partial charge in [-0.25, -0.2) is 0 Å². The summed E-state index contributed by atoms with van der Waals surface area (Å²) in [5.41, 5.74) is 3.13. The first-order valence-corrected chi connectivity index (χ1v) is 8.13. The Hall–Kier alpha value is -0.860. The molecule has 1 saturated heterocycles. The zero-order chi connectivity index (χ0) is 14.6. The third-order valence-corrected chi connectivity index (χ3v) is 4.89. The minimum atomic E-state index is 0.258. The first kappa shape index (κ1) is 15.5. The van der Waals surface area contributed by atoms with Gasteiger partial charge in [-0.3, -0.25) is 4.90 Å². The molecule has 2 nitrogen and oxygen atoms in total. The number of hydrogen-bond donors (Lipinski definition) is 1. The number of rotatable bonds is 4. The van der Waals surface area contributed by atoms with Crippen molar-refractivity contribution in [3.63, 3.8) is 0 Å². The molecule has 0 saturated carbocycles. The van der Waals surface area contributed by atoms with E-state index in [0.29, 0.717) is 6.04 Å². The predicted molar refractivity (Wildman–Crippen MR) is 87.0 cm³/mol. The van der Waals surface area contributed by atoms with Gasteiger partial charge >= 0.3 is 0 Å². The predicted octanol–water partition coefficient (Wildman–Crippen LogP) is 3.60. The maximum Gasteiger partial charge on any atom is 0.0278 e. The average molecular weight is 274 g/mol. The van der Waals surface area contributed by atoms with Crippen molar-refractivity contribution in [2.45, 2.75) is 65.1 Å². The van der Waals surface area contributed by atoms with E-state index in [-0.39, 0.29) is 5.54 Å². The maximum absolute atomic E-state index is 3.73. The van der Waals surface area contributed by atoms with E-state index in [4.69, 9.17) is 0 Å². The number of nitrogens with zero attached hydrogens (tertiary/aromatic N) is 1. The smallest absolute Gasteiger partial charge is 0.0278 e. The SMILES string of the molecule is CCc1ccc(CN2CC(C)(CC)NCCC2C)cc1. The summed E-state index contributed by atoms with van der Waals surface area (Å²) >= 11 is 0. The van der Waals surface area contributed by atoms with Gasteiger partial charge in [0.1, 0.15) is 0 Å². The summed E-state index contributed by atoms with van der Waals surface area (Å²) in [5.74, 6) is 0. The van der Waals surface area contributed by atoms with E-state index in [2.05, 4.69) is 62.2 Å². The minimum Gasteiger partial charge on any atom is -0.310 e. The molecule has 1 aliphatic rings. The number of aryl methyl sites for hydroxylation is 1. The van der Waals surface area contributed by atoms with Crippen molar-refractivity contribution in [2.75, 3.05) is 13.1 Å². The Morgan fingerprint density at radius 2 is 1.85 bits per heavy atom. The van der Waals surface area contributed by atoms with Crippen LogP contribution in [-0.4, -0.2) is 29.6 Å². The second kappa shape index (κ2) is 6.73. The van der Waals surface area contributed by atoms with Crippen LogP contribution in [0.15, 0.2) is 24.3 Å². The first-order valence-electron chi connectivity index (χ1n) is 8.13. The van der Waals surface area contributed by atoms with Gasteiger partial charge in [0.15, 0.2) is 0 Å². The van der Waals surface area contributed by atoms with Crippen LogP contribution < -0.4 is 5.32 Å².